The molecular formula is C16H21IN2O4. The van der Waals surface area contributed by atoms with Gasteiger partial charge in [0.2, 0.25) is 5.91 Å². The zero-order valence-corrected chi connectivity index (χ0v) is 15.6. The van der Waals surface area contributed by atoms with Crippen molar-refractivity contribution in [2.75, 3.05) is 27.2 Å². The molecule has 0 saturated heterocycles. The lowest BCUT2D eigenvalue weighted by Crippen LogP contribution is -2.39. The Kier molecular flexibility index (Phi) is 7.87. The molecule has 1 atom stereocenters. The summed E-state index contributed by atoms with van der Waals surface area (Å²) in [6.07, 6.45) is 1.90. The van der Waals surface area contributed by atoms with Gasteiger partial charge in [-0.2, -0.15) is 0 Å². The highest BCUT2D eigenvalue weighted by Crippen LogP contribution is 2.13. The van der Waals surface area contributed by atoms with E-state index in [1.54, 1.807) is 27.1 Å². The topological polar surface area (TPSA) is 70.1 Å². The highest BCUT2D eigenvalue weighted by molar-refractivity contribution is 14.1. The van der Waals surface area contributed by atoms with Gasteiger partial charge in [0.05, 0.1) is 12.6 Å². The van der Waals surface area contributed by atoms with Crippen molar-refractivity contribution in [1.29, 1.82) is 0 Å². The second-order valence-corrected chi connectivity index (χ2v) is 6.36. The van der Waals surface area contributed by atoms with Crippen molar-refractivity contribution in [3.63, 3.8) is 0 Å². The van der Waals surface area contributed by atoms with E-state index in [9.17, 15) is 14.7 Å². The first-order chi connectivity index (χ1) is 10.8. The second kappa shape index (κ2) is 9.39. The summed E-state index contributed by atoms with van der Waals surface area (Å²) in [5.74, 6) is 0.513. The first-order valence-electron chi connectivity index (χ1n) is 7.08. The van der Waals surface area contributed by atoms with Crippen LogP contribution in [0.25, 0.3) is 0 Å². The van der Waals surface area contributed by atoms with Gasteiger partial charge in [0.1, 0.15) is 12.4 Å². The van der Waals surface area contributed by atoms with Gasteiger partial charge in [-0.15, -0.1) is 0 Å². The van der Waals surface area contributed by atoms with Crippen LogP contribution >= 0.6 is 22.6 Å². The van der Waals surface area contributed by atoms with Crippen LogP contribution in [0.3, 0.4) is 0 Å². The molecule has 7 heteroatoms. The van der Waals surface area contributed by atoms with E-state index in [4.69, 9.17) is 4.74 Å². The number of carbonyl (C=O) groups is 2. The summed E-state index contributed by atoms with van der Waals surface area (Å²) in [7, 11) is 3.28. The molecule has 1 unspecified atom stereocenters. The molecule has 1 N–H and O–H groups in total. The van der Waals surface area contributed by atoms with Crippen LogP contribution in [0.2, 0.25) is 0 Å². The maximum atomic E-state index is 11.5. The number of carboxylic acid groups (broad SMARTS) is 1. The number of amides is 2. The normalized spacial score (nSPS) is 12.0. The molecular weight excluding hydrogens is 411 g/mol. The van der Waals surface area contributed by atoms with Gasteiger partial charge in [-0.25, -0.2) is 4.79 Å². The van der Waals surface area contributed by atoms with Gasteiger partial charge in [0.25, 0.3) is 0 Å². The largest absolute Gasteiger partial charge is 0.492 e. The Labute approximate surface area is 149 Å². The van der Waals surface area contributed by atoms with Gasteiger partial charge >= 0.3 is 6.09 Å². The molecule has 23 heavy (non-hydrogen) atoms. The molecule has 1 rings (SSSR count). The minimum Gasteiger partial charge on any atom is -0.492 e. The number of likely N-dealkylation sites (N-methyl/N-ethyl adjacent to an activating group) is 1. The zero-order valence-electron chi connectivity index (χ0n) is 13.4. The van der Waals surface area contributed by atoms with Crippen LogP contribution in [-0.4, -0.2) is 60.2 Å². The van der Waals surface area contributed by atoms with Crippen molar-refractivity contribution >= 4 is 34.6 Å². The third kappa shape index (κ3) is 6.89. The molecule has 0 fully saturated rings. The number of hydrogen-bond acceptors (Lipinski definition) is 3. The molecule has 0 saturated carbocycles. The lowest BCUT2D eigenvalue weighted by Gasteiger charge is -2.24. The van der Waals surface area contributed by atoms with Gasteiger partial charge in [0, 0.05) is 23.7 Å². The van der Waals surface area contributed by atoms with Gasteiger partial charge in [-0.05, 0) is 53.8 Å². The van der Waals surface area contributed by atoms with Gasteiger partial charge in [0.15, 0.2) is 0 Å². The van der Waals surface area contributed by atoms with E-state index in [0.717, 1.165) is 3.57 Å². The Morgan fingerprint density at radius 2 is 1.91 bits per heavy atom. The smallest absolute Gasteiger partial charge is 0.407 e. The maximum Gasteiger partial charge on any atom is 0.407 e. The summed E-state index contributed by atoms with van der Waals surface area (Å²) in [6, 6.07) is 7.10. The minimum atomic E-state index is -1.05. The number of ether oxygens (including phenoxy) is 1. The van der Waals surface area contributed by atoms with E-state index in [1.165, 1.54) is 15.9 Å². The van der Waals surface area contributed by atoms with Crippen LogP contribution in [0.15, 0.2) is 36.4 Å². The van der Waals surface area contributed by atoms with Crippen molar-refractivity contribution in [2.45, 2.75) is 13.0 Å². The number of benzene rings is 1. The van der Waals surface area contributed by atoms with Crippen LogP contribution < -0.4 is 4.74 Å². The molecule has 1 aromatic carbocycles. The summed E-state index contributed by atoms with van der Waals surface area (Å²) in [5.41, 5.74) is 0. The third-order valence-electron chi connectivity index (χ3n) is 3.11. The lowest BCUT2D eigenvalue weighted by atomic mass is 10.2. The Hall–Kier alpha value is -1.77. The number of hydrogen-bond donors (Lipinski definition) is 1. The SMILES string of the molecule is CC(/C=C/C(=O)N(C)C)N(CCOc1ccc(I)cc1)C(=O)O. The molecule has 6 nitrogen and oxygen atoms in total. The van der Waals surface area contributed by atoms with Crippen LogP contribution in [0.1, 0.15) is 6.92 Å². The quantitative estimate of drug-likeness (QED) is 0.532. The molecule has 2 amide bonds. The van der Waals surface area contributed by atoms with Gasteiger partial charge in [-0.1, -0.05) is 6.08 Å². The highest BCUT2D eigenvalue weighted by atomic mass is 127. The summed E-state index contributed by atoms with van der Waals surface area (Å²) in [6.45, 7) is 2.17. The molecule has 1 aromatic rings. The molecule has 0 aliphatic heterocycles. The van der Waals surface area contributed by atoms with E-state index < -0.39 is 12.1 Å². The first-order valence-corrected chi connectivity index (χ1v) is 8.16. The third-order valence-corrected chi connectivity index (χ3v) is 3.83. The van der Waals surface area contributed by atoms with Gasteiger partial charge < -0.3 is 14.7 Å². The van der Waals surface area contributed by atoms with Crippen molar-refractivity contribution in [2.24, 2.45) is 0 Å². The molecule has 0 radical (unpaired) electrons. The van der Waals surface area contributed by atoms with E-state index in [1.807, 2.05) is 24.3 Å². The fraction of sp³-hybridized carbons (Fsp3) is 0.375. The average Bonchev–Trinajstić information content (AvgIpc) is 2.50. The van der Waals surface area contributed by atoms with E-state index >= 15 is 0 Å². The van der Waals surface area contributed by atoms with E-state index in [2.05, 4.69) is 22.6 Å². The van der Waals surface area contributed by atoms with Crippen molar-refractivity contribution in [1.82, 2.24) is 9.80 Å². The zero-order chi connectivity index (χ0) is 17.4. The molecule has 0 heterocycles. The molecule has 0 aliphatic rings. The molecule has 0 aliphatic carbocycles. The van der Waals surface area contributed by atoms with Crippen LogP contribution in [0.5, 0.6) is 5.75 Å². The molecule has 0 bridgehead atoms. The maximum absolute atomic E-state index is 11.5. The average molecular weight is 432 g/mol. The predicted molar refractivity (Wildman–Crippen MR) is 96.7 cm³/mol. The fourth-order valence-electron chi connectivity index (χ4n) is 1.74. The van der Waals surface area contributed by atoms with Crippen molar-refractivity contribution < 1.29 is 19.4 Å². The Balaban J connectivity index is 2.56. The van der Waals surface area contributed by atoms with Crippen LogP contribution in [0, 0.1) is 3.57 Å². The number of halogens is 1. The first kappa shape index (κ1) is 19.3. The number of rotatable bonds is 7. The van der Waals surface area contributed by atoms with E-state index in [-0.39, 0.29) is 19.1 Å². The van der Waals surface area contributed by atoms with Crippen LogP contribution in [0.4, 0.5) is 4.79 Å². The van der Waals surface area contributed by atoms with Crippen molar-refractivity contribution in [3.8, 4) is 5.75 Å². The molecule has 126 valence electrons. The molecule has 0 spiro atoms. The summed E-state index contributed by atoms with van der Waals surface area (Å²) in [4.78, 5) is 25.5. The summed E-state index contributed by atoms with van der Waals surface area (Å²) >= 11 is 2.20. The number of carbonyl (C=O) groups excluding carboxylic acids is 1. The summed E-state index contributed by atoms with van der Waals surface area (Å²) < 4.78 is 6.65. The highest BCUT2D eigenvalue weighted by Gasteiger charge is 2.17. The second-order valence-electron chi connectivity index (χ2n) is 5.11. The Bertz CT molecular complexity index is 558. The van der Waals surface area contributed by atoms with E-state index in [0.29, 0.717) is 5.75 Å². The molecule has 0 aromatic heterocycles. The summed E-state index contributed by atoms with van der Waals surface area (Å²) in [5, 5.41) is 9.29. The monoisotopic (exact) mass is 432 g/mol. The van der Waals surface area contributed by atoms with Crippen LogP contribution in [-0.2, 0) is 4.79 Å². The van der Waals surface area contributed by atoms with Crippen molar-refractivity contribution in [3.05, 3.63) is 40.0 Å². The lowest BCUT2D eigenvalue weighted by molar-refractivity contribution is -0.123. The number of nitrogens with zero attached hydrogens (tertiary/aromatic N) is 2. The Morgan fingerprint density at radius 1 is 1.30 bits per heavy atom. The predicted octanol–water partition coefficient (Wildman–Crippen LogP) is 2.68. The minimum absolute atomic E-state index is 0.183. The fourth-order valence-corrected chi connectivity index (χ4v) is 2.10. The standard InChI is InChI=1S/C16H21IN2O4/c1-12(4-9-15(20)18(2)3)19(16(21)22)10-11-23-14-7-5-13(17)6-8-14/h4-9,12H,10-11H2,1-3H3,(H,21,22)/b9-4+. The Morgan fingerprint density at radius 3 is 2.43 bits per heavy atom. The van der Waals surface area contributed by atoms with Gasteiger partial charge in [-0.3, -0.25) is 9.69 Å².